The van der Waals surface area contributed by atoms with Crippen LogP contribution in [0.25, 0.3) is 0 Å². The molecule has 198 valence electrons. The second-order valence-electron chi connectivity index (χ2n) is 9.80. The molecule has 3 aromatic carbocycles. The van der Waals surface area contributed by atoms with Crippen molar-refractivity contribution in [2.75, 3.05) is 20.4 Å². The van der Waals surface area contributed by atoms with E-state index >= 15 is 0 Å². The Labute approximate surface area is 224 Å². The maximum atomic E-state index is 13.8. The fraction of sp³-hybridized carbons (Fsp3) is 0.276. The Morgan fingerprint density at radius 1 is 1.10 bits per heavy atom. The van der Waals surface area contributed by atoms with Gasteiger partial charge >= 0.3 is 0 Å². The maximum absolute atomic E-state index is 13.8. The number of methoxy groups -OCH3 is 1. The number of rotatable bonds is 6. The zero-order valence-electron chi connectivity index (χ0n) is 21.3. The summed E-state index contributed by atoms with van der Waals surface area (Å²) in [6, 6.07) is 12.8. The van der Waals surface area contributed by atoms with Crippen LogP contribution in [0.15, 0.2) is 60.2 Å². The van der Waals surface area contributed by atoms with Crippen LogP contribution in [-0.2, 0) is 26.0 Å². The predicted octanol–water partition coefficient (Wildman–Crippen LogP) is 4.27. The quantitative estimate of drug-likeness (QED) is 0.346. The minimum absolute atomic E-state index is 0.169. The molecule has 0 bridgehead atoms. The predicted molar refractivity (Wildman–Crippen MR) is 140 cm³/mol. The molecule has 1 unspecified atom stereocenters. The Morgan fingerprint density at radius 2 is 1.95 bits per heavy atom. The summed E-state index contributed by atoms with van der Waals surface area (Å²) in [6.45, 7) is 2.06. The number of benzene rings is 3. The van der Waals surface area contributed by atoms with Crippen molar-refractivity contribution >= 4 is 6.21 Å². The second-order valence-corrected chi connectivity index (χ2v) is 9.80. The molecular formula is C29H26FN5O4. The summed E-state index contributed by atoms with van der Waals surface area (Å²) in [4.78, 5) is 2.47. The van der Waals surface area contributed by atoms with Gasteiger partial charge in [0.05, 0.1) is 13.3 Å². The van der Waals surface area contributed by atoms with Crippen LogP contribution in [0.1, 0.15) is 39.4 Å². The Bertz CT molecular complexity index is 1570. The molecule has 0 radical (unpaired) electrons. The summed E-state index contributed by atoms with van der Waals surface area (Å²) in [5.74, 6) is 2.60. The smallest absolute Gasteiger partial charge is 0.231 e. The van der Waals surface area contributed by atoms with E-state index in [4.69, 9.17) is 18.9 Å². The van der Waals surface area contributed by atoms with E-state index in [0.29, 0.717) is 18.0 Å². The molecule has 0 fully saturated rings. The lowest BCUT2D eigenvalue weighted by Gasteiger charge is -2.42. The Hall–Kier alpha value is -4.44. The summed E-state index contributed by atoms with van der Waals surface area (Å²) in [5, 5.41) is 12.2. The van der Waals surface area contributed by atoms with E-state index in [1.165, 1.54) is 23.3 Å². The highest BCUT2D eigenvalue weighted by Gasteiger charge is 2.37. The van der Waals surface area contributed by atoms with Gasteiger partial charge in [0, 0.05) is 30.3 Å². The average molecular weight is 528 g/mol. The van der Waals surface area contributed by atoms with Crippen molar-refractivity contribution in [3.63, 3.8) is 0 Å². The first-order valence-electron chi connectivity index (χ1n) is 12.8. The van der Waals surface area contributed by atoms with Gasteiger partial charge in [-0.3, -0.25) is 4.90 Å². The topological polar surface area (TPSA) is 83.2 Å². The summed E-state index contributed by atoms with van der Waals surface area (Å²) >= 11 is 0. The van der Waals surface area contributed by atoms with Gasteiger partial charge in [-0.15, -0.1) is 10.2 Å². The van der Waals surface area contributed by atoms with E-state index in [2.05, 4.69) is 32.3 Å². The van der Waals surface area contributed by atoms with Gasteiger partial charge in [0.1, 0.15) is 25.1 Å². The molecule has 0 saturated carbocycles. The molecule has 4 aromatic rings. The van der Waals surface area contributed by atoms with Crippen LogP contribution in [0.4, 0.5) is 4.39 Å². The highest BCUT2D eigenvalue weighted by molar-refractivity contribution is 5.84. The van der Waals surface area contributed by atoms with Crippen LogP contribution < -0.4 is 18.9 Å². The van der Waals surface area contributed by atoms with Gasteiger partial charge in [-0.05, 0) is 65.4 Å². The molecule has 0 N–H and O–H groups in total. The van der Waals surface area contributed by atoms with Crippen LogP contribution in [0.2, 0.25) is 0 Å². The second kappa shape index (κ2) is 9.70. The van der Waals surface area contributed by atoms with Crippen LogP contribution >= 0.6 is 0 Å². The van der Waals surface area contributed by atoms with Gasteiger partial charge in [-0.25, -0.2) is 9.07 Å². The average Bonchev–Trinajstić information content (AvgIpc) is 3.65. The Balaban J connectivity index is 1.31. The van der Waals surface area contributed by atoms with Gasteiger partial charge in [0.2, 0.25) is 6.79 Å². The number of hydrogen-bond acceptors (Lipinski definition) is 8. The number of fused-ring (bicyclic) bond motifs is 5. The fourth-order valence-electron chi connectivity index (χ4n) is 5.72. The van der Waals surface area contributed by atoms with E-state index in [1.807, 2.05) is 12.1 Å². The van der Waals surface area contributed by atoms with E-state index in [0.717, 1.165) is 53.1 Å². The normalized spacial score (nSPS) is 17.5. The molecule has 1 atom stereocenters. The first-order valence-corrected chi connectivity index (χ1v) is 12.8. The highest BCUT2D eigenvalue weighted by Crippen LogP contribution is 2.47. The third kappa shape index (κ3) is 4.36. The molecule has 39 heavy (non-hydrogen) atoms. The van der Waals surface area contributed by atoms with Crippen LogP contribution in [-0.4, -0.2) is 46.4 Å². The molecule has 10 heteroatoms. The molecule has 3 aliphatic rings. The summed E-state index contributed by atoms with van der Waals surface area (Å²) in [7, 11) is 1.63. The van der Waals surface area contributed by atoms with Crippen LogP contribution in [0.3, 0.4) is 0 Å². The number of hydrogen-bond donors (Lipinski definition) is 0. The van der Waals surface area contributed by atoms with E-state index in [1.54, 1.807) is 36.7 Å². The van der Waals surface area contributed by atoms with Crippen molar-refractivity contribution in [1.82, 2.24) is 19.8 Å². The van der Waals surface area contributed by atoms with Crippen LogP contribution in [0.5, 0.6) is 23.0 Å². The van der Waals surface area contributed by atoms with Crippen molar-refractivity contribution in [2.45, 2.75) is 32.0 Å². The molecule has 0 saturated heterocycles. The maximum Gasteiger partial charge on any atom is 0.231 e. The van der Waals surface area contributed by atoms with Crippen molar-refractivity contribution in [3.8, 4) is 23.0 Å². The standard InChI is InChI=1S/C29H26FN5O4/c1-36-28-9-20(12-33-35-15-31-32-16-35)22-10-25-23-11-27-26(38-17-39-27)8-19(23)5-6-34(25)13-24(22)29(28)37-14-18-3-2-4-21(30)7-18/h2-4,7-9,11-12,15-16,25H,5-6,10,13-14,17H2,1H3/b33-12+. The first-order chi connectivity index (χ1) is 19.2. The Morgan fingerprint density at radius 3 is 2.77 bits per heavy atom. The molecule has 3 aliphatic heterocycles. The number of nitrogens with zero attached hydrogens (tertiary/aromatic N) is 5. The number of aromatic nitrogens is 3. The monoisotopic (exact) mass is 527 g/mol. The number of halogens is 1. The SMILES string of the molecule is COc1cc(/C=N/n2cnnc2)c2c(c1OCc1cccc(F)c1)CN1CCc3cc4c(cc3C1C2)OCO4. The van der Waals surface area contributed by atoms with E-state index in [-0.39, 0.29) is 25.3 Å². The largest absolute Gasteiger partial charge is 0.493 e. The van der Waals surface area contributed by atoms with Gasteiger partial charge in [-0.2, -0.15) is 5.10 Å². The summed E-state index contributed by atoms with van der Waals surface area (Å²) < 4.78 is 38.9. The molecule has 7 rings (SSSR count). The lowest BCUT2D eigenvalue weighted by Crippen LogP contribution is -2.40. The van der Waals surface area contributed by atoms with E-state index in [9.17, 15) is 4.39 Å². The third-order valence-electron chi connectivity index (χ3n) is 7.59. The fourth-order valence-corrected chi connectivity index (χ4v) is 5.72. The zero-order chi connectivity index (χ0) is 26.3. The minimum Gasteiger partial charge on any atom is -0.493 e. The zero-order valence-corrected chi connectivity index (χ0v) is 21.3. The molecule has 1 aromatic heterocycles. The molecule has 9 nitrogen and oxygen atoms in total. The van der Waals surface area contributed by atoms with Crippen LogP contribution in [0, 0.1) is 5.82 Å². The van der Waals surface area contributed by atoms with Crippen molar-refractivity contribution in [2.24, 2.45) is 5.10 Å². The molecular weight excluding hydrogens is 501 g/mol. The van der Waals surface area contributed by atoms with Crippen molar-refractivity contribution in [1.29, 1.82) is 0 Å². The number of ether oxygens (including phenoxy) is 4. The summed E-state index contributed by atoms with van der Waals surface area (Å²) in [6.07, 6.45) is 6.56. The lowest BCUT2D eigenvalue weighted by molar-refractivity contribution is 0.155. The lowest BCUT2D eigenvalue weighted by atomic mass is 9.82. The minimum atomic E-state index is -0.290. The van der Waals surface area contributed by atoms with Gasteiger partial charge in [0.15, 0.2) is 23.0 Å². The van der Waals surface area contributed by atoms with E-state index < -0.39 is 0 Å². The molecule has 4 heterocycles. The first kappa shape index (κ1) is 23.7. The molecule has 0 spiro atoms. The third-order valence-corrected chi connectivity index (χ3v) is 7.59. The van der Waals surface area contributed by atoms with Crippen molar-refractivity contribution in [3.05, 3.63) is 94.3 Å². The van der Waals surface area contributed by atoms with Gasteiger partial charge < -0.3 is 18.9 Å². The molecule has 0 amide bonds. The Kier molecular flexibility index (Phi) is 5.89. The molecule has 0 aliphatic carbocycles. The van der Waals surface area contributed by atoms with Gasteiger partial charge in [0.25, 0.3) is 0 Å². The van der Waals surface area contributed by atoms with Gasteiger partial charge in [-0.1, -0.05) is 12.1 Å². The highest BCUT2D eigenvalue weighted by atomic mass is 19.1. The summed E-state index contributed by atoms with van der Waals surface area (Å²) in [5.41, 5.74) is 6.42. The van der Waals surface area contributed by atoms with Crippen molar-refractivity contribution < 1.29 is 23.3 Å².